The molecule has 0 bridgehead atoms. The molecule has 0 spiro atoms. The molecule has 27 heavy (non-hydrogen) atoms. The summed E-state index contributed by atoms with van der Waals surface area (Å²) in [6.45, 7) is 0. The number of aromatic nitrogens is 2. The average Bonchev–Trinajstić information content (AvgIpc) is 3.16. The lowest BCUT2D eigenvalue weighted by molar-refractivity contribution is -0.742. The Morgan fingerprint density at radius 1 is 1.07 bits per heavy atom. The summed E-state index contributed by atoms with van der Waals surface area (Å²) in [5.74, 6) is 0.0873. The third-order valence-corrected chi connectivity index (χ3v) is 4.84. The van der Waals surface area contributed by atoms with Crippen LogP contribution < -0.4 is 0 Å². The van der Waals surface area contributed by atoms with E-state index in [1.54, 1.807) is 12.5 Å². The maximum atomic E-state index is 8.36. The molecule has 0 radical (unpaired) electrons. The van der Waals surface area contributed by atoms with E-state index in [0.29, 0.717) is 5.02 Å². The minimum Gasteiger partial charge on any atom is -0.328 e. The molecule has 2 atom stereocenters. The normalized spacial score (nSPS) is 12.6. The Morgan fingerprint density at radius 3 is 2.07 bits per heavy atom. The Balaban J connectivity index is 0.000000596. The van der Waals surface area contributed by atoms with Crippen molar-refractivity contribution in [2.75, 3.05) is 0 Å². The summed E-state index contributed by atoms with van der Waals surface area (Å²) in [5, 5.41) is 15.1. The summed E-state index contributed by atoms with van der Waals surface area (Å²) in [6.07, 6.45) is 6.15. The van der Waals surface area contributed by atoms with Gasteiger partial charge in [-0.2, -0.15) is 0 Å². The third-order valence-electron chi connectivity index (χ3n) is 3.81. The Kier molecular flexibility index (Phi) is 7.91. The standard InChI is InChI=1S/C18H15Cl3N2.HNO3/c19-15-5-1-13(2-6-15)11-17(14-3-7-16(20)8-4-14)18(21)23-10-9-22-12-23;2-1(3)4/h1-10,12,17-18H,11H2;(H,2,3,4). The maximum absolute atomic E-state index is 8.36. The fraction of sp³-hybridized carbons (Fsp3) is 0.167. The highest BCUT2D eigenvalue weighted by Crippen LogP contribution is 2.35. The summed E-state index contributed by atoms with van der Waals surface area (Å²) < 4.78 is 1.91. The van der Waals surface area contributed by atoms with E-state index in [1.807, 2.05) is 59.3 Å². The average molecular weight is 429 g/mol. The molecule has 0 amide bonds. The molecule has 2 unspecified atom stereocenters. The van der Waals surface area contributed by atoms with E-state index >= 15 is 0 Å². The summed E-state index contributed by atoms with van der Waals surface area (Å²) >= 11 is 18.7. The lowest BCUT2D eigenvalue weighted by atomic mass is 9.91. The van der Waals surface area contributed by atoms with E-state index in [9.17, 15) is 0 Å². The number of halogens is 3. The van der Waals surface area contributed by atoms with Crippen LogP contribution in [0.25, 0.3) is 0 Å². The van der Waals surface area contributed by atoms with Crippen LogP contribution in [0.2, 0.25) is 10.0 Å². The van der Waals surface area contributed by atoms with Crippen LogP contribution in [0, 0.1) is 10.1 Å². The lowest BCUT2D eigenvalue weighted by Crippen LogP contribution is -2.14. The molecule has 1 aromatic heterocycles. The molecule has 0 saturated carbocycles. The zero-order chi connectivity index (χ0) is 19.8. The van der Waals surface area contributed by atoms with E-state index in [0.717, 1.165) is 17.0 Å². The highest BCUT2D eigenvalue weighted by molar-refractivity contribution is 6.30. The molecular weight excluding hydrogens is 413 g/mol. The zero-order valence-corrected chi connectivity index (χ0v) is 16.2. The van der Waals surface area contributed by atoms with Crippen LogP contribution in [0.4, 0.5) is 0 Å². The number of hydrogen-bond acceptors (Lipinski definition) is 3. The largest absolute Gasteiger partial charge is 0.328 e. The predicted molar refractivity (Wildman–Crippen MR) is 105 cm³/mol. The van der Waals surface area contributed by atoms with Crippen molar-refractivity contribution in [2.45, 2.75) is 17.8 Å². The van der Waals surface area contributed by atoms with Crippen molar-refractivity contribution in [2.24, 2.45) is 0 Å². The molecule has 0 aliphatic rings. The molecule has 0 aliphatic carbocycles. The van der Waals surface area contributed by atoms with Crippen molar-refractivity contribution in [1.82, 2.24) is 9.55 Å². The fourth-order valence-corrected chi connectivity index (χ4v) is 3.18. The van der Waals surface area contributed by atoms with E-state index in [4.69, 9.17) is 50.1 Å². The minimum atomic E-state index is -1.50. The molecule has 3 rings (SSSR count). The van der Waals surface area contributed by atoms with Crippen molar-refractivity contribution in [3.8, 4) is 0 Å². The van der Waals surface area contributed by atoms with Gasteiger partial charge in [0.2, 0.25) is 0 Å². The molecule has 0 aliphatic heterocycles. The van der Waals surface area contributed by atoms with Crippen LogP contribution in [-0.4, -0.2) is 19.8 Å². The van der Waals surface area contributed by atoms with Crippen molar-refractivity contribution in [1.29, 1.82) is 0 Å². The molecule has 3 aromatic rings. The Bertz CT molecular complexity index is 837. The summed E-state index contributed by atoms with van der Waals surface area (Å²) in [6, 6.07) is 15.7. The highest BCUT2D eigenvalue weighted by Gasteiger charge is 2.23. The van der Waals surface area contributed by atoms with Crippen LogP contribution in [0.3, 0.4) is 0 Å². The van der Waals surface area contributed by atoms with Gasteiger partial charge in [0.1, 0.15) is 5.50 Å². The van der Waals surface area contributed by atoms with Gasteiger partial charge in [0.15, 0.2) is 0 Å². The number of hydrogen-bond donors (Lipinski definition) is 1. The molecule has 142 valence electrons. The van der Waals surface area contributed by atoms with Gasteiger partial charge in [-0.25, -0.2) is 4.98 Å². The first-order valence-electron chi connectivity index (χ1n) is 7.81. The molecule has 6 nitrogen and oxygen atoms in total. The second-order valence-electron chi connectivity index (χ2n) is 5.61. The topological polar surface area (TPSA) is 81.2 Å². The number of alkyl halides is 1. The van der Waals surface area contributed by atoms with Gasteiger partial charge in [0.05, 0.1) is 6.33 Å². The van der Waals surface area contributed by atoms with Crippen molar-refractivity contribution in [3.05, 3.63) is 98.5 Å². The number of imidazole rings is 1. The van der Waals surface area contributed by atoms with Crippen LogP contribution >= 0.6 is 34.8 Å². The minimum absolute atomic E-state index is 0.0873. The molecular formula is C18H16Cl3N3O3. The molecule has 9 heteroatoms. The Labute approximate surface area is 171 Å². The van der Waals surface area contributed by atoms with Crippen molar-refractivity contribution >= 4 is 34.8 Å². The fourth-order valence-electron chi connectivity index (χ4n) is 2.58. The highest BCUT2D eigenvalue weighted by atomic mass is 35.5. The van der Waals surface area contributed by atoms with Crippen LogP contribution in [0.5, 0.6) is 0 Å². The van der Waals surface area contributed by atoms with Crippen LogP contribution in [-0.2, 0) is 6.42 Å². The number of rotatable bonds is 5. The maximum Gasteiger partial charge on any atom is 0.291 e. The molecule has 0 saturated heterocycles. The van der Waals surface area contributed by atoms with Gasteiger partial charge in [-0.05, 0) is 41.8 Å². The quantitative estimate of drug-likeness (QED) is 0.325. The van der Waals surface area contributed by atoms with Crippen molar-refractivity contribution < 1.29 is 10.3 Å². The molecule has 1 heterocycles. The van der Waals surface area contributed by atoms with Gasteiger partial charge in [0.25, 0.3) is 5.09 Å². The van der Waals surface area contributed by atoms with Gasteiger partial charge in [0, 0.05) is 28.4 Å². The van der Waals surface area contributed by atoms with Gasteiger partial charge < -0.3 is 9.77 Å². The van der Waals surface area contributed by atoms with Gasteiger partial charge in [-0.3, -0.25) is 0 Å². The first-order valence-corrected chi connectivity index (χ1v) is 9.00. The monoisotopic (exact) mass is 427 g/mol. The molecule has 1 N–H and O–H groups in total. The van der Waals surface area contributed by atoms with E-state index in [-0.39, 0.29) is 11.4 Å². The Hall–Kier alpha value is -2.28. The third kappa shape index (κ3) is 6.75. The predicted octanol–water partition coefficient (Wildman–Crippen LogP) is 5.61. The first kappa shape index (κ1) is 21.0. The number of benzene rings is 2. The van der Waals surface area contributed by atoms with E-state index in [2.05, 4.69) is 4.98 Å². The lowest BCUT2D eigenvalue weighted by Gasteiger charge is -2.24. The van der Waals surface area contributed by atoms with Crippen LogP contribution in [0.1, 0.15) is 22.5 Å². The second kappa shape index (κ2) is 10.2. The number of nitrogens with zero attached hydrogens (tertiary/aromatic N) is 3. The van der Waals surface area contributed by atoms with E-state index in [1.165, 1.54) is 5.56 Å². The molecule has 2 aromatic carbocycles. The summed E-state index contributed by atoms with van der Waals surface area (Å²) in [7, 11) is 0. The van der Waals surface area contributed by atoms with E-state index < -0.39 is 5.09 Å². The smallest absolute Gasteiger partial charge is 0.291 e. The Morgan fingerprint density at radius 2 is 1.59 bits per heavy atom. The molecule has 0 fully saturated rings. The van der Waals surface area contributed by atoms with Crippen LogP contribution in [0.15, 0.2) is 67.3 Å². The summed E-state index contributed by atoms with van der Waals surface area (Å²) in [4.78, 5) is 12.5. The first-order chi connectivity index (χ1) is 12.9. The van der Waals surface area contributed by atoms with Gasteiger partial charge in [-0.1, -0.05) is 59.1 Å². The zero-order valence-electron chi connectivity index (χ0n) is 14.0. The van der Waals surface area contributed by atoms with Gasteiger partial charge in [-0.15, -0.1) is 10.1 Å². The SMILES string of the molecule is Clc1ccc(CC(c2ccc(Cl)cc2)C(Cl)n2ccnc2)cc1.O=[N+]([O-])O. The second-order valence-corrected chi connectivity index (χ2v) is 6.93. The van der Waals surface area contributed by atoms with Gasteiger partial charge >= 0.3 is 0 Å². The summed E-state index contributed by atoms with van der Waals surface area (Å²) in [5.41, 5.74) is 2.08. The van der Waals surface area contributed by atoms with Crippen molar-refractivity contribution in [3.63, 3.8) is 0 Å².